The zero-order valence-electron chi connectivity index (χ0n) is 12.5. The second kappa shape index (κ2) is 8.84. The summed E-state index contributed by atoms with van der Waals surface area (Å²) in [6.45, 7) is 1.80. The summed E-state index contributed by atoms with van der Waals surface area (Å²) in [5, 5.41) is 19.6. The van der Waals surface area contributed by atoms with Crippen LogP contribution in [0.15, 0.2) is 48.8 Å². The van der Waals surface area contributed by atoms with Gasteiger partial charge in [-0.2, -0.15) is 5.10 Å². The quantitative estimate of drug-likeness (QED) is 0.649. The number of urea groups is 1. The zero-order valence-corrected chi connectivity index (χ0v) is 12.5. The molecule has 0 aliphatic rings. The highest BCUT2D eigenvalue weighted by Gasteiger charge is 2.07. The van der Waals surface area contributed by atoms with Crippen LogP contribution in [0.5, 0.6) is 0 Å². The van der Waals surface area contributed by atoms with Crippen molar-refractivity contribution in [3.63, 3.8) is 0 Å². The average molecular weight is 302 g/mol. The Balaban J connectivity index is 1.54. The molecule has 1 atom stereocenters. The van der Waals surface area contributed by atoms with Crippen molar-refractivity contribution in [3.05, 3.63) is 54.4 Å². The van der Waals surface area contributed by atoms with Gasteiger partial charge in [-0.1, -0.05) is 30.3 Å². The molecule has 1 aromatic heterocycles. The smallest absolute Gasteiger partial charge is 0.314 e. The maximum Gasteiger partial charge on any atom is 0.314 e. The molecule has 0 aliphatic heterocycles. The second-order valence-corrected chi connectivity index (χ2v) is 5.02. The summed E-state index contributed by atoms with van der Waals surface area (Å²) >= 11 is 0. The maximum absolute atomic E-state index is 11.6. The highest BCUT2D eigenvalue weighted by atomic mass is 16.3. The summed E-state index contributed by atoms with van der Waals surface area (Å²) in [7, 11) is 0. The number of amides is 2. The first-order valence-electron chi connectivity index (χ1n) is 7.48. The third kappa shape index (κ3) is 5.57. The van der Waals surface area contributed by atoms with Gasteiger partial charge in [-0.3, -0.25) is 4.68 Å². The lowest BCUT2D eigenvalue weighted by molar-refractivity contribution is 0.167. The van der Waals surface area contributed by atoms with Gasteiger partial charge in [-0.05, 0) is 24.5 Å². The van der Waals surface area contributed by atoms with Crippen molar-refractivity contribution in [2.45, 2.75) is 25.5 Å². The maximum atomic E-state index is 11.6. The number of carbonyl (C=O) groups is 1. The average Bonchev–Trinajstić information content (AvgIpc) is 3.06. The molecule has 22 heavy (non-hydrogen) atoms. The molecule has 0 radical (unpaired) electrons. The van der Waals surface area contributed by atoms with Crippen molar-refractivity contribution in [1.29, 1.82) is 0 Å². The first kappa shape index (κ1) is 16.0. The fraction of sp³-hybridized carbons (Fsp3) is 0.375. The Morgan fingerprint density at radius 3 is 2.68 bits per heavy atom. The molecule has 0 spiro atoms. The monoisotopic (exact) mass is 302 g/mol. The molecule has 2 rings (SSSR count). The number of rotatable bonds is 8. The van der Waals surface area contributed by atoms with Gasteiger partial charge in [0.25, 0.3) is 0 Å². The van der Waals surface area contributed by atoms with Crippen LogP contribution in [0.2, 0.25) is 0 Å². The Morgan fingerprint density at radius 1 is 1.18 bits per heavy atom. The predicted molar refractivity (Wildman–Crippen MR) is 84.3 cm³/mol. The zero-order chi connectivity index (χ0) is 15.6. The van der Waals surface area contributed by atoms with Crippen molar-refractivity contribution in [2.75, 3.05) is 13.1 Å². The molecule has 0 aliphatic carbocycles. The van der Waals surface area contributed by atoms with E-state index in [2.05, 4.69) is 15.7 Å². The van der Waals surface area contributed by atoms with Crippen LogP contribution in [0.3, 0.4) is 0 Å². The minimum atomic E-state index is -0.554. The van der Waals surface area contributed by atoms with Crippen LogP contribution in [-0.2, 0) is 6.54 Å². The van der Waals surface area contributed by atoms with Crippen LogP contribution >= 0.6 is 0 Å². The number of aliphatic hydroxyl groups excluding tert-OH is 1. The van der Waals surface area contributed by atoms with Gasteiger partial charge >= 0.3 is 6.03 Å². The predicted octanol–water partition coefficient (Wildman–Crippen LogP) is 1.70. The Labute approximate surface area is 130 Å². The largest absolute Gasteiger partial charge is 0.388 e. The van der Waals surface area contributed by atoms with Crippen molar-refractivity contribution in [3.8, 4) is 0 Å². The van der Waals surface area contributed by atoms with Crippen LogP contribution in [-0.4, -0.2) is 34.0 Å². The van der Waals surface area contributed by atoms with Gasteiger partial charge in [0.2, 0.25) is 0 Å². The summed E-state index contributed by atoms with van der Waals surface area (Å²) in [6.07, 6.45) is 4.39. The van der Waals surface area contributed by atoms with E-state index in [4.69, 9.17) is 0 Å². The topological polar surface area (TPSA) is 79.2 Å². The number of nitrogens with zero attached hydrogens (tertiary/aromatic N) is 2. The van der Waals surface area contributed by atoms with Crippen molar-refractivity contribution < 1.29 is 9.90 Å². The lowest BCUT2D eigenvalue weighted by Gasteiger charge is -2.12. The molecule has 0 saturated carbocycles. The number of hydrogen-bond acceptors (Lipinski definition) is 3. The van der Waals surface area contributed by atoms with Crippen molar-refractivity contribution >= 4 is 6.03 Å². The van der Waals surface area contributed by atoms with Gasteiger partial charge < -0.3 is 15.7 Å². The summed E-state index contributed by atoms with van der Waals surface area (Å²) in [5.41, 5.74) is 0.865. The highest BCUT2D eigenvalue weighted by molar-refractivity contribution is 5.73. The molecular formula is C16H22N4O2. The van der Waals surface area contributed by atoms with Gasteiger partial charge in [-0.25, -0.2) is 4.79 Å². The molecule has 1 unspecified atom stereocenters. The number of benzene rings is 1. The fourth-order valence-electron chi connectivity index (χ4n) is 2.10. The minimum absolute atomic E-state index is 0.208. The first-order valence-corrected chi connectivity index (χ1v) is 7.48. The van der Waals surface area contributed by atoms with Gasteiger partial charge in [0.15, 0.2) is 0 Å². The lowest BCUT2D eigenvalue weighted by Crippen LogP contribution is -2.37. The van der Waals surface area contributed by atoms with Crippen LogP contribution in [0, 0.1) is 0 Å². The summed E-state index contributed by atoms with van der Waals surface area (Å²) in [4.78, 5) is 11.6. The summed E-state index contributed by atoms with van der Waals surface area (Å²) in [6, 6.07) is 11.1. The molecule has 0 fully saturated rings. The Morgan fingerprint density at radius 2 is 1.95 bits per heavy atom. The van der Waals surface area contributed by atoms with E-state index < -0.39 is 6.10 Å². The number of aliphatic hydroxyl groups is 1. The first-order chi connectivity index (χ1) is 10.8. The van der Waals surface area contributed by atoms with Crippen LogP contribution in [0.25, 0.3) is 0 Å². The van der Waals surface area contributed by atoms with Crippen molar-refractivity contribution in [2.24, 2.45) is 0 Å². The molecule has 1 aromatic carbocycles. The summed E-state index contributed by atoms with van der Waals surface area (Å²) in [5.74, 6) is 0. The van der Waals surface area contributed by atoms with Gasteiger partial charge in [0.1, 0.15) is 0 Å². The van der Waals surface area contributed by atoms with E-state index in [1.165, 1.54) is 0 Å². The van der Waals surface area contributed by atoms with Crippen LogP contribution < -0.4 is 10.6 Å². The molecular weight excluding hydrogens is 280 g/mol. The number of carbonyl (C=O) groups excluding carboxylic acids is 1. The number of nitrogens with one attached hydrogen (secondary N) is 2. The molecule has 6 heteroatoms. The Bertz CT molecular complexity index is 543. The molecule has 0 saturated heterocycles. The fourth-order valence-corrected chi connectivity index (χ4v) is 2.10. The highest BCUT2D eigenvalue weighted by Crippen LogP contribution is 2.14. The third-order valence-electron chi connectivity index (χ3n) is 3.30. The molecule has 1 heterocycles. The van der Waals surface area contributed by atoms with Gasteiger partial charge in [0, 0.05) is 32.0 Å². The van der Waals surface area contributed by atoms with E-state index in [1.54, 1.807) is 6.20 Å². The molecule has 2 amide bonds. The number of aromatic nitrogens is 2. The number of aryl methyl sites for hydroxylation is 1. The standard InChI is InChI=1S/C16H22N4O2/c21-15(14-6-2-1-3-7-14)8-11-18-16(22)17-9-4-12-20-13-5-10-19-20/h1-3,5-7,10,13,15,21H,4,8-9,11-12H2,(H2,17,18,22). The molecule has 3 N–H and O–H groups in total. The van der Waals surface area contributed by atoms with E-state index in [-0.39, 0.29) is 6.03 Å². The Hall–Kier alpha value is -2.34. The normalized spacial score (nSPS) is 11.9. The van der Waals surface area contributed by atoms with E-state index in [0.717, 1.165) is 18.5 Å². The lowest BCUT2D eigenvalue weighted by atomic mass is 10.1. The molecule has 2 aromatic rings. The third-order valence-corrected chi connectivity index (χ3v) is 3.30. The van der Waals surface area contributed by atoms with E-state index in [0.29, 0.717) is 19.5 Å². The molecule has 118 valence electrons. The van der Waals surface area contributed by atoms with Crippen LogP contribution in [0.1, 0.15) is 24.5 Å². The Kier molecular flexibility index (Phi) is 6.44. The van der Waals surface area contributed by atoms with Gasteiger partial charge in [-0.15, -0.1) is 0 Å². The minimum Gasteiger partial charge on any atom is -0.388 e. The number of hydrogen-bond donors (Lipinski definition) is 3. The molecule has 0 bridgehead atoms. The summed E-state index contributed by atoms with van der Waals surface area (Å²) < 4.78 is 1.83. The second-order valence-electron chi connectivity index (χ2n) is 5.02. The van der Waals surface area contributed by atoms with Gasteiger partial charge in [0.05, 0.1) is 6.10 Å². The SMILES string of the molecule is O=C(NCCCn1cccn1)NCCC(O)c1ccccc1. The molecule has 6 nitrogen and oxygen atoms in total. The van der Waals surface area contributed by atoms with Crippen molar-refractivity contribution in [1.82, 2.24) is 20.4 Å². The van der Waals surface area contributed by atoms with E-state index in [1.807, 2.05) is 47.3 Å². The van der Waals surface area contributed by atoms with E-state index >= 15 is 0 Å². The van der Waals surface area contributed by atoms with E-state index in [9.17, 15) is 9.90 Å². The van der Waals surface area contributed by atoms with Crippen LogP contribution in [0.4, 0.5) is 4.79 Å².